The third-order valence-electron chi connectivity index (χ3n) is 3.88. The summed E-state index contributed by atoms with van der Waals surface area (Å²) >= 11 is 0. The maximum atomic E-state index is 12.7. The standard InChI is InChI=1S/C22H23N3O3/c1-15(2)28-21-11-7-5-9-19(21)25-22(26)16-12-17(14-23-13-16)24-18-8-4-6-10-20(18)27-3/h4-15,24H,1-3H3,(H,25,26). The Balaban J connectivity index is 1.78. The van der Waals surface area contributed by atoms with Crippen LogP contribution < -0.4 is 20.1 Å². The van der Waals surface area contributed by atoms with Gasteiger partial charge in [-0.3, -0.25) is 9.78 Å². The van der Waals surface area contributed by atoms with Crippen molar-refractivity contribution in [1.82, 2.24) is 4.98 Å². The number of pyridine rings is 1. The van der Waals surface area contributed by atoms with E-state index in [1.807, 2.05) is 56.3 Å². The van der Waals surface area contributed by atoms with Gasteiger partial charge in [0.1, 0.15) is 11.5 Å². The molecule has 28 heavy (non-hydrogen) atoms. The summed E-state index contributed by atoms with van der Waals surface area (Å²) in [5.74, 6) is 1.07. The van der Waals surface area contributed by atoms with Crippen LogP contribution in [0.15, 0.2) is 67.0 Å². The minimum absolute atomic E-state index is 0.00750. The number of carbonyl (C=O) groups is 1. The number of para-hydroxylation sites is 4. The Hall–Kier alpha value is -3.54. The van der Waals surface area contributed by atoms with Crippen molar-refractivity contribution < 1.29 is 14.3 Å². The summed E-state index contributed by atoms with van der Waals surface area (Å²) in [5.41, 5.74) is 2.52. The molecule has 0 radical (unpaired) electrons. The highest BCUT2D eigenvalue weighted by Gasteiger charge is 2.12. The smallest absolute Gasteiger partial charge is 0.257 e. The molecule has 0 unspecified atom stereocenters. The van der Waals surface area contributed by atoms with E-state index in [9.17, 15) is 4.79 Å². The summed E-state index contributed by atoms with van der Waals surface area (Å²) in [5, 5.41) is 6.12. The highest BCUT2D eigenvalue weighted by molar-refractivity contribution is 6.05. The lowest BCUT2D eigenvalue weighted by Crippen LogP contribution is -2.15. The average Bonchev–Trinajstić information content (AvgIpc) is 2.70. The molecule has 0 atom stereocenters. The Morgan fingerprint density at radius 1 is 0.964 bits per heavy atom. The molecule has 3 rings (SSSR count). The second kappa shape index (κ2) is 8.90. The molecule has 6 nitrogen and oxygen atoms in total. The van der Waals surface area contributed by atoms with E-state index in [-0.39, 0.29) is 12.0 Å². The number of aromatic nitrogens is 1. The van der Waals surface area contributed by atoms with E-state index in [2.05, 4.69) is 15.6 Å². The first kappa shape index (κ1) is 19.2. The van der Waals surface area contributed by atoms with Crippen molar-refractivity contribution in [1.29, 1.82) is 0 Å². The summed E-state index contributed by atoms with van der Waals surface area (Å²) in [6.07, 6.45) is 3.18. The second-order valence-electron chi connectivity index (χ2n) is 6.40. The summed E-state index contributed by atoms with van der Waals surface area (Å²) < 4.78 is 11.1. The molecule has 0 bridgehead atoms. The van der Waals surface area contributed by atoms with Crippen LogP contribution in [0.1, 0.15) is 24.2 Å². The number of ether oxygens (including phenoxy) is 2. The summed E-state index contributed by atoms with van der Waals surface area (Å²) in [4.78, 5) is 16.9. The minimum Gasteiger partial charge on any atom is -0.495 e. The normalized spacial score (nSPS) is 10.4. The number of hydrogen-bond donors (Lipinski definition) is 2. The van der Waals surface area contributed by atoms with Crippen LogP contribution >= 0.6 is 0 Å². The molecule has 1 amide bonds. The number of rotatable bonds is 7. The van der Waals surface area contributed by atoms with Gasteiger partial charge < -0.3 is 20.1 Å². The van der Waals surface area contributed by atoms with Crippen molar-refractivity contribution in [2.24, 2.45) is 0 Å². The van der Waals surface area contributed by atoms with Gasteiger partial charge in [0, 0.05) is 6.20 Å². The highest BCUT2D eigenvalue weighted by atomic mass is 16.5. The van der Waals surface area contributed by atoms with E-state index in [1.54, 1.807) is 25.4 Å². The van der Waals surface area contributed by atoms with Crippen molar-refractivity contribution in [3.05, 3.63) is 72.6 Å². The molecule has 144 valence electrons. The molecule has 0 aliphatic carbocycles. The first-order valence-electron chi connectivity index (χ1n) is 8.99. The van der Waals surface area contributed by atoms with Gasteiger partial charge in [0.05, 0.1) is 42.0 Å². The fourth-order valence-corrected chi connectivity index (χ4v) is 2.66. The quantitative estimate of drug-likeness (QED) is 0.614. The van der Waals surface area contributed by atoms with Gasteiger partial charge in [-0.15, -0.1) is 0 Å². The number of benzene rings is 2. The van der Waals surface area contributed by atoms with Gasteiger partial charge in [-0.25, -0.2) is 0 Å². The van der Waals surface area contributed by atoms with E-state index in [1.165, 1.54) is 6.20 Å². The van der Waals surface area contributed by atoms with E-state index < -0.39 is 0 Å². The topological polar surface area (TPSA) is 72.5 Å². The van der Waals surface area contributed by atoms with Crippen LogP contribution in [0, 0.1) is 0 Å². The second-order valence-corrected chi connectivity index (χ2v) is 6.40. The molecule has 0 fully saturated rings. The van der Waals surface area contributed by atoms with Crippen LogP contribution in [0.2, 0.25) is 0 Å². The van der Waals surface area contributed by atoms with Gasteiger partial charge in [-0.1, -0.05) is 24.3 Å². The molecule has 0 aliphatic rings. The van der Waals surface area contributed by atoms with Crippen LogP contribution in [-0.2, 0) is 0 Å². The SMILES string of the molecule is COc1ccccc1Nc1cncc(C(=O)Nc2ccccc2OC(C)C)c1. The molecule has 0 saturated carbocycles. The zero-order chi connectivity index (χ0) is 19.9. The van der Waals surface area contributed by atoms with Gasteiger partial charge in [0.2, 0.25) is 0 Å². The lowest BCUT2D eigenvalue weighted by atomic mass is 10.2. The molecule has 2 N–H and O–H groups in total. The number of anilines is 3. The highest BCUT2D eigenvalue weighted by Crippen LogP contribution is 2.28. The predicted octanol–water partition coefficient (Wildman–Crippen LogP) is 4.87. The van der Waals surface area contributed by atoms with Crippen LogP contribution in [-0.4, -0.2) is 24.1 Å². The third-order valence-corrected chi connectivity index (χ3v) is 3.88. The fraction of sp³-hybridized carbons (Fsp3) is 0.182. The monoisotopic (exact) mass is 377 g/mol. The van der Waals surface area contributed by atoms with E-state index in [0.29, 0.717) is 28.4 Å². The van der Waals surface area contributed by atoms with Crippen LogP contribution in [0.3, 0.4) is 0 Å². The lowest BCUT2D eigenvalue weighted by Gasteiger charge is -2.15. The van der Waals surface area contributed by atoms with Gasteiger partial charge in [0.25, 0.3) is 5.91 Å². The molecular formula is C22H23N3O3. The van der Waals surface area contributed by atoms with Gasteiger partial charge in [-0.05, 0) is 44.2 Å². The van der Waals surface area contributed by atoms with Crippen molar-refractivity contribution in [3.8, 4) is 11.5 Å². The summed E-state index contributed by atoms with van der Waals surface area (Å²) in [7, 11) is 1.61. The van der Waals surface area contributed by atoms with Crippen molar-refractivity contribution in [2.75, 3.05) is 17.7 Å². The van der Waals surface area contributed by atoms with Gasteiger partial charge >= 0.3 is 0 Å². The zero-order valence-corrected chi connectivity index (χ0v) is 16.1. The minimum atomic E-state index is -0.268. The molecule has 1 heterocycles. The van der Waals surface area contributed by atoms with Crippen molar-refractivity contribution in [2.45, 2.75) is 20.0 Å². The molecule has 3 aromatic rings. The predicted molar refractivity (Wildman–Crippen MR) is 111 cm³/mol. The number of carbonyl (C=O) groups excluding carboxylic acids is 1. The molecule has 0 aliphatic heterocycles. The van der Waals surface area contributed by atoms with Crippen LogP contribution in [0.5, 0.6) is 11.5 Å². The van der Waals surface area contributed by atoms with Crippen LogP contribution in [0.4, 0.5) is 17.1 Å². The molecule has 1 aromatic heterocycles. The third kappa shape index (κ3) is 4.79. The fourth-order valence-electron chi connectivity index (χ4n) is 2.66. The number of nitrogens with zero attached hydrogens (tertiary/aromatic N) is 1. The van der Waals surface area contributed by atoms with E-state index in [4.69, 9.17) is 9.47 Å². The molecule has 6 heteroatoms. The molecule has 0 saturated heterocycles. The molecule has 2 aromatic carbocycles. The average molecular weight is 377 g/mol. The van der Waals surface area contributed by atoms with Gasteiger partial charge in [0.15, 0.2) is 0 Å². The van der Waals surface area contributed by atoms with Crippen molar-refractivity contribution >= 4 is 23.0 Å². The van der Waals surface area contributed by atoms with E-state index >= 15 is 0 Å². The number of methoxy groups -OCH3 is 1. The maximum Gasteiger partial charge on any atom is 0.257 e. The van der Waals surface area contributed by atoms with E-state index in [0.717, 1.165) is 5.69 Å². The number of hydrogen-bond acceptors (Lipinski definition) is 5. The Bertz CT molecular complexity index is 957. The lowest BCUT2D eigenvalue weighted by molar-refractivity contribution is 0.102. The van der Waals surface area contributed by atoms with Gasteiger partial charge in [-0.2, -0.15) is 0 Å². The number of amides is 1. The van der Waals surface area contributed by atoms with Crippen LogP contribution in [0.25, 0.3) is 0 Å². The zero-order valence-electron chi connectivity index (χ0n) is 16.1. The number of nitrogens with one attached hydrogen (secondary N) is 2. The first-order valence-corrected chi connectivity index (χ1v) is 8.99. The molecule has 0 spiro atoms. The largest absolute Gasteiger partial charge is 0.495 e. The van der Waals surface area contributed by atoms with Crippen molar-refractivity contribution in [3.63, 3.8) is 0 Å². The Morgan fingerprint density at radius 3 is 2.36 bits per heavy atom. The first-order chi connectivity index (χ1) is 13.6. The Kier molecular flexibility index (Phi) is 6.11. The Labute approximate surface area is 164 Å². The summed E-state index contributed by atoms with van der Waals surface area (Å²) in [6.45, 7) is 3.88. The Morgan fingerprint density at radius 2 is 1.64 bits per heavy atom. The maximum absolute atomic E-state index is 12.7. The molecular weight excluding hydrogens is 354 g/mol. The summed E-state index contributed by atoms with van der Waals surface area (Å²) in [6, 6.07) is 16.6.